The van der Waals surface area contributed by atoms with Gasteiger partial charge in [-0.15, -0.1) is 0 Å². The Balaban J connectivity index is 1.75. The lowest BCUT2D eigenvalue weighted by Crippen LogP contribution is -2.20. The molecule has 98 valence electrons. The van der Waals surface area contributed by atoms with Gasteiger partial charge in [0.15, 0.2) is 0 Å². The smallest absolute Gasteiger partial charge is 0.145 e. The zero-order valence-electron chi connectivity index (χ0n) is 11.0. The summed E-state index contributed by atoms with van der Waals surface area (Å²) in [6.07, 6.45) is 6.16. The number of benzene rings is 1. The van der Waals surface area contributed by atoms with Crippen molar-refractivity contribution in [3.05, 3.63) is 48.4 Å². The van der Waals surface area contributed by atoms with Crippen molar-refractivity contribution in [1.82, 2.24) is 15.0 Å². The van der Waals surface area contributed by atoms with Crippen molar-refractivity contribution in [2.24, 2.45) is 0 Å². The van der Waals surface area contributed by atoms with Gasteiger partial charge in [-0.05, 0) is 30.5 Å². The van der Waals surface area contributed by atoms with E-state index in [1.165, 1.54) is 24.1 Å². The molecule has 1 aliphatic carbocycles. The van der Waals surface area contributed by atoms with Gasteiger partial charge in [-0.25, -0.2) is 9.97 Å². The molecule has 1 aliphatic heterocycles. The Morgan fingerprint density at radius 3 is 2.90 bits per heavy atom. The predicted octanol–water partition coefficient (Wildman–Crippen LogP) is 3.14. The molecule has 2 aromatic heterocycles. The van der Waals surface area contributed by atoms with E-state index >= 15 is 0 Å². The van der Waals surface area contributed by atoms with E-state index in [4.69, 9.17) is 0 Å². The molecule has 4 heteroatoms. The first-order valence-electron chi connectivity index (χ1n) is 7.03. The van der Waals surface area contributed by atoms with Gasteiger partial charge in [0, 0.05) is 23.8 Å². The van der Waals surface area contributed by atoms with Crippen molar-refractivity contribution in [2.45, 2.75) is 18.3 Å². The molecule has 2 aliphatic rings. The van der Waals surface area contributed by atoms with Crippen molar-refractivity contribution in [3.8, 4) is 0 Å². The molecule has 1 N–H and O–H groups in total. The van der Waals surface area contributed by atoms with Crippen LogP contribution in [-0.4, -0.2) is 21.5 Å². The third kappa shape index (κ3) is 1.21. The van der Waals surface area contributed by atoms with Crippen LogP contribution in [0.3, 0.4) is 0 Å². The van der Waals surface area contributed by atoms with Crippen molar-refractivity contribution >= 4 is 22.5 Å². The van der Waals surface area contributed by atoms with Crippen molar-refractivity contribution < 1.29 is 0 Å². The van der Waals surface area contributed by atoms with E-state index in [1.807, 2.05) is 6.20 Å². The molecular weight excluding hydrogens is 248 g/mol. The van der Waals surface area contributed by atoms with Crippen molar-refractivity contribution in [3.63, 3.8) is 0 Å². The van der Waals surface area contributed by atoms with E-state index in [0.29, 0.717) is 5.41 Å². The summed E-state index contributed by atoms with van der Waals surface area (Å²) in [4.78, 5) is 14.4. The highest BCUT2D eigenvalue weighted by molar-refractivity contribution is 5.91. The maximum absolute atomic E-state index is 4.55. The summed E-state index contributed by atoms with van der Waals surface area (Å²) in [7, 11) is 0. The van der Waals surface area contributed by atoms with Crippen LogP contribution in [0.2, 0.25) is 0 Å². The summed E-state index contributed by atoms with van der Waals surface area (Å²) in [6.45, 7) is 1.05. The highest BCUT2D eigenvalue weighted by Crippen LogP contribution is 2.58. The Kier molecular flexibility index (Phi) is 1.77. The zero-order valence-corrected chi connectivity index (χ0v) is 11.0. The summed E-state index contributed by atoms with van der Waals surface area (Å²) in [5.74, 6) is 1.02. The number of hydrogen-bond donors (Lipinski definition) is 1. The highest BCUT2D eigenvalue weighted by atomic mass is 15.2. The predicted molar refractivity (Wildman–Crippen MR) is 78.2 cm³/mol. The molecule has 0 atom stereocenters. The number of aromatic amines is 1. The molecule has 3 heterocycles. The van der Waals surface area contributed by atoms with Crippen molar-refractivity contribution in [2.75, 3.05) is 11.4 Å². The molecule has 20 heavy (non-hydrogen) atoms. The van der Waals surface area contributed by atoms with Gasteiger partial charge in [0.25, 0.3) is 0 Å². The van der Waals surface area contributed by atoms with Gasteiger partial charge in [0.05, 0.1) is 5.39 Å². The molecule has 1 fully saturated rings. The molecule has 0 bridgehead atoms. The monoisotopic (exact) mass is 262 g/mol. The molecule has 3 aromatic rings. The first-order valence-corrected chi connectivity index (χ1v) is 7.03. The van der Waals surface area contributed by atoms with Crippen LogP contribution in [0.15, 0.2) is 42.9 Å². The lowest BCUT2D eigenvalue weighted by molar-refractivity contribution is 0.741. The Bertz CT molecular complexity index is 816. The Hall–Kier alpha value is -2.36. The minimum Gasteiger partial charge on any atom is -0.346 e. The topological polar surface area (TPSA) is 44.8 Å². The Labute approximate surface area is 116 Å². The summed E-state index contributed by atoms with van der Waals surface area (Å²) in [6, 6.07) is 10.8. The van der Waals surface area contributed by atoms with Crippen molar-refractivity contribution in [1.29, 1.82) is 0 Å². The fourth-order valence-corrected chi connectivity index (χ4v) is 3.47. The minimum absolute atomic E-state index is 0.379. The SMILES string of the molecule is c1ccc2c(c1)N(c1ncnc3[nH]ccc13)CC21CC1. The molecule has 0 radical (unpaired) electrons. The highest BCUT2D eigenvalue weighted by Gasteiger charge is 2.52. The molecule has 0 saturated heterocycles. The number of anilines is 2. The number of aromatic nitrogens is 3. The van der Waals surface area contributed by atoms with Gasteiger partial charge in [-0.3, -0.25) is 0 Å². The van der Waals surface area contributed by atoms with Crippen LogP contribution in [0.25, 0.3) is 11.0 Å². The summed E-state index contributed by atoms with van der Waals surface area (Å²) in [5, 5.41) is 1.10. The standard InChI is InChI=1S/C16H14N4/c1-2-4-13-12(3-1)16(6-7-16)9-20(13)15-11-5-8-17-14(11)18-10-19-15/h1-5,8,10H,6-7,9H2,(H,17,18,19). The number of rotatable bonds is 1. The van der Waals surface area contributed by atoms with Gasteiger partial charge in [-0.1, -0.05) is 18.2 Å². The quantitative estimate of drug-likeness (QED) is 0.732. The van der Waals surface area contributed by atoms with E-state index in [1.54, 1.807) is 6.33 Å². The average Bonchev–Trinajstić information content (AvgIpc) is 2.97. The molecule has 0 unspecified atom stereocenters. The van der Waals surface area contributed by atoms with E-state index in [9.17, 15) is 0 Å². The first kappa shape index (κ1) is 10.4. The second-order valence-corrected chi connectivity index (χ2v) is 5.82. The van der Waals surface area contributed by atoms with Gasteiger partial charge in [0.2, 0.25) is 0 Å². The Morgan fingerprint density at radius 1 is 1.10 bits per heavy atom. The average molecular weight is 262 g/mol. The Morgan fingerprint density at radius 2 is 2.00 bits per heavy atom. The lowest BCUT2D eigenvalue weighted by Gasteiger charge is -2.19. The molecular formula is C16H14N4. The maximum atomic E-state index is 4.55. The third-order valence-corrected chi connectivity index (χ3v) is 4.67. The fraction of sp³-hybridized carbons (Fsp3) is 0.250. The minimum atomic E-state index is 0.379. The molecule has 1 saturated carbocycles. The van der Waals surface area contributed by atoms with Gasteiger partial charge >= 0.3 is 0 Å². The number of para-hydroxylation sites is 1. The number of nitrogens with one attached hydrogen (secondary N) is 1. The third-order valence-electron chi connectivity index (χ3n) is 4.67. The molecule has 1 aromatic carbocycles. The van der Waals surface area contributed by atoms with E-state index in [-0.39, 0.29) is 0 Å². The van der Waals surface area contributed by atoms with E-state index < -0.39 is 0 Å². The molecule has 1 spiro atoms. The lowest BCUT2D eigenvalue weighted by atomic mass is 9.99. The normalized spacial score (nSPS) is 18.7. The second-order valence-electron chi connectivity index (χ2n) is 5.82. The second kappa shape index (κ2) is 3.39. The summed E-state index contributed by atoms with van der Waals surface area (Å²) in [5.41, 5.74) is 4.09. The van der Waals surface area contributed by atoms with E-state index in [0.717, 1.165) is 23.4 Å². The number of H-pyrrole nitrogens is 1. The number of hydrogen-bond acceptors (Lipinski definition) is 3. The maximum Gasteiger partial charge on any atom is 0.145 e. The number of nitrogens with zero attached hydrogens (tertiary/aromatic N) is 3. The zero-order chi connectivity index (χ0) is 13.2. The van der Waals surface area contributed by atoms with Crippen LogP contribution in [0.5, 0.6) is 0 Å². The first-order chi connectivity index (χ1) is 9.87. The largest absolute Gasteiger partial charge is 0.346 e. The fourth-order valence-electron chi connectivity index (χ4n) is 3.47. The molecule has 5 rings (SSSR count). The van der Waals surface area contributed by atoms with Crippen LogP contribution >= 0.6 is 0 Å². The van der Waals surface area contributed by atoms with E-state index in [2.05, 4.69) is 50.2 Å². The van der Waals surface area contributed by atoms with Crippen LogP contribution < -0.4 is 4.90 Å². The van der Waals surface area contributed by atoms with Gasteiger partial charge in [-0.2, -0.15) is 0 Å². The van der Waals surface area contributed by atoms with Gasteiger partial charge in [0.1, 0.15) is 17.8 Å². The van der Waals surface area contributed by atoms with Crippen LogP contribution in [-0.2, 0) is 5.41 Å². The van der Waals surface area contributed by atoms with Crippen LogP contribution in [0.4, 0.5) is 11.5 Å². The number of fused-ring (bicyclic) bond motifs is 3. The molecule has 4 nitrogen and oxygen atoms in total. The van der Waals surface area contributed by atoms with Crippen LogP contribution in [0, 0.1) is 0 Å². The van der Waals surface area contributed by atoms with Gasteiger partial charge < -0.3 is 9.88 Å². The molecule has 0 amide bonds. The summed E-state index contributed by atoms with van der Waals surface area (Å²) < 4.78 is 0. The van der Waals surface area contributed by atoms with Crippen LogP contribution in [0.1, 0.15) is 18.4 Å². The summed E-state index contributed by atoms with van der Waals surface area (Å²) >= 11 is 0.